The fraction of sp³-hybridized carbons (Fsp3) is 0.417. The molecule has 0 bridgehead atoms. The van der Waals surface area contributed by atoms with Crippen LogP contribution in [-0.2, 0) is 26.2 Å². The molecule has 0 heterocycles. The number of carbonyl (C=O) groups is 2. The van der Waals surface area contributed by atoms with Gasteiger partial charge in [-0.15, -0.1) is 0 Å². The Bertz CT molecular complexity index is 1090. The molecule has 0 aliphatic carbocycles. The number of methoxy groups -OCH3 is 1. The minimum atomic E-state index is -3.82. The van der Waals surface area contributed by atoms with Gasteiger partial charge < -0.3 is 15.0 Å². The third-order valence-electron chi connectivity index (χ3n) is 5.27. The number of para-hydroxylation sites is 2. The van der Waals surface area contributed by atoms with Crippen molar-refractivity contribution in [1.82, 2.24) is 10.2 Å². The van der Waals surface area contributed by atoms with Crippen molar-refractivity contribution in [1.29, 1.82) is 0 Å². The van der Waals surface area contributed by atoms with Gasteiger partial charge in [-0.3, -0.25) is 13.9 Å². The van der Waals surface area contributed by atoms with E-state index in [9.17, 15) is 18.0 Å². The Morgan fingerprint density at radius 2 is 1.85 bits per heavy atom. The third-order valence-corrected chi connectivity index (χ3v) is 6.89. The number of nitrogens with one attached hydrogen (secondary N) is 1. The lowest BCUT2D eigenvalue weighted by molar-refractivity contribution is -0.139. The molecule has 2 aromatic rings. The first kappa shape index (κ1) is 27.7. The molecule has 1 N–H and O–H groups in total. The summed E-state index contributed by atoms with van der Waals surface area (Å²) in [5.74, 6) is -0.473. The van der Waals surface area contributed by atoms with Crippen molar-refractivity contribution in [3.8, 4) is 5.75 Å². The Kier molecular flexibility index (Phi) is 10.4. The van der Waals surface area contributed by atoms with Crippen molar-refractivity contribution in [2.45, 2.75) is 39.3 Å². The zero-order chi connectivity index (χ0) is 25.3. The van der Waals surface area contributed by atoms with Crippen molar-refractivity contribution in [3.05, 3.63) is 58.6 Å². The van der Waals surface area contributed by atoms with Gasteiger partial charge in [0.15, 0.2) is 0 Å². The minimum absolute atomic E-state index is 0.143. The van der Waals surface area contributed by atoms with E-state index in [1.54, 1.807) is 31.2 Å². The summed E-state index contributed by atoms with van der Waals surface area (Å²) in [6, 6.07) is 13.2. The van der Waals surface area contributed by atoms with Gasteiger partial charge in [-0.2, -0.15) is 0 Å². The summed E-state index contributed by atoms with van der Waals surface area (Å²) >= 11 is 3.43. The van der Waals surface area contributed by atoms with Gasteiger partial charge in [-0.05, 0) is 43.2 Å². The first-order chi connectivity index (χ1) is 16.1. The summed E-state index contributed by atoms with van der Waals surface area (Å²) in [5, 5.41) is 2.86. The number of anilines is 1. The molecule has 0 saturated heterocycles. The molecule has 34 heavy (non-hydrogen) atoms. The Hall–Kier alpha value is -2.59. The van der Waals surface area contributed by atoms with Gasteiger partial charge >= 0.3 is 0 Å². The highest BCUT2D eigenvalue weighted by molar-refractivity contribution is 9.10. The maximum atomic E-state index is 13.5. The zero-order valence-electron chi connectivity index (χ0n) is 20.0. The van der Waals surface area contributed by atoms with Gasteiger partial charge in [-0.25, -0.2) is 8.42 Å². The van der Waals surface area contributed by atoms with Gasteiger partial charge in [0.1, 0.15) is 18.3 Å². The third kappa shape index (κ3) is 7.73. The van der Waals surface area contributed by atoms with Crippen LogP contribution in [0.4, 0.5) is 5.69 Å². The van der Waals surface area contributed by atoms with Crippen molar-refractivity contribution in [3.63, 3.8) is 0 Å². The summed E-state index contributed by atoms with van der Waals surface area (Å²) in [5.41, 5.74) is 1.06. The quantitative estimate of drug-likeness (QED) is 0.405. The molecule has 2 aromatic carbocycles. The minimum Gasteiger partial charge on any atom is -0.495 e. The van der Waals surface area contributed by atoms with Crippen LogP contribution < -0.4 is 14.4 Å². The predicted octanol–water partition coefficient (Wildman–Crippen LogP) is 3.56. The molecule has 2 rings (SSSR count). The molecular weight excluding hydrogens is 522 g/mol. The molecule has 0 fully saturated rings. The lowest BCUT2D eigenvalue weighted by Crippen LogP contribution is -2.51. The number of carbonyl (C=O) groups excluding carboxylic acids is 2. The average Bonchev–Trinajstić information content (AvgIpc) is 2.79. The van der Waals surface area contributed by atoms with Gasteiger partial charge in [0.05, 0.1) is 19.1 Å². The molecular formula is C24H32BrN3O5S. The second-order valence-corrected chi connectivity index (χ2v) is 10.7. The Morgan fingerprint density at radius 3 is 2.47 bits per heavy atom. The number of benzene rings is 2. The van der Waals surface area contributed by atoms with Crippen LogP contribution in [0.1, 0.15) is 32.3 Å². The van der Waals surface area contributed by atoms with E-state index in [0.29, 0.717) is 12.3 Å². The molecule has 0 saturated carbocycles. The maximum absolute atomic E-state index is 13.5. The Morgan fingerprint density at radius 1 is 1.15 bits per heavy atom. The van der Waals surface area contributed by atoms with Crippen LogP contribution in [0.3, 0.4) is 0 Å². The molecule has 186 valence electrons. The van der Waals surface area contributed by atoms with Crippen LogP contribution in [0.25, 0.3) is 0 Å². The number of nitrogens with zero attached hydrogens (tertiary/aromatic N) is 2. The molecule has 2 amide bonds. The number of unbranched alkanes of at least 4 members (excludes halogenated alkanes) is 1. The summed E-state index contributed by atoms with van der Waals surface area (Å²) in [4.78, 5) is 27.7. The number of sulfonamides is 1. The van der Waals surface area contributed by atoms with Crippen LogP contribution in [-0.4, -0.2) is 57.6 Å². The van der Waals surface area contributed by atoms with E-state index in [1.165, 1.54) is 12.0 Å². The van der Waals surface area contributed by atoms with Gasteiger partial charge in [0.25, 0.3) is 0 Å². The van der Waals surface area contributed by atoms with Crippen molar-refractivity contribution in [2.75, 3.05) is 30.8 Å². The number of hydrogen-bond acceptors (Lipinski definition) is 5. The van der Waals surface area contributed by atoms with E-state index >= 15 is 0 Å². The monoisotopic (exact) mass is 553 g/mol. The molecule has 0 aliphatic rings. The summed E-state index contributed by atoms with van der Waals surface area (Å²) < 4.78 is 32.5. The second kappa shape index (κ2) is 12.8. The average molecular weight is 555 g/mol. The lowest BCUT2D eigenvalue weighted by Gasteiger charge is -2.31. The van der Waals surface area contributed by atoms with Crippen LogP contribution in [0.5, 0.6) is 5.75 Å². The zero-order valence-corrected chi connectivity index (χ0v) is 22.4. The number of rotatable bonds is 12. The van der Waals surface area contributed by atoms with Gasteiger partial charge in [0, 0.05) is 17.6 Å². The van der Waals surface area contributed by atoms with Gasteiger partial charge in [0.2, 0.25) is 21.8 Å². The molecule has 0 spiro atoms. The number of ether oxygens (including phenoxy) is 1. The topological polar surface area (TPSA) is 96.0 Å². The van der Waals surface area contributed by atoms with E-state index in [4.69, 9.17) is 4.74 Å². The largest absolute Gasteiger partial charge is 0.495 e. The Labute approximate surface area is 210 Å². The first-order valence-electron chi connectivity index (χ1n) is 11.0. The highest BCUT2D eigenvalue weighted by atomic mass is 79.9. The summed E-state index contributed by atoms with van der Waals surface area (Å²) in [7, 11) is -2.39. The summed E-state index contributed by atoms with van der Waals surface area (Å²) in [6.07, 6.45) is 2.79. The normalized spacial score (nSPS) is 12.0. The second-order valence-electron chi connectivity index (χ2n) is 7.91. The lowest BCUT2D eigenvalue weighted by atomic mass is 10.1. The van der Waals surface area contributed by atoms with Crippen LogP contribution in [0.15, 0.2) is 53.0 Å². The van der Waals surface area contributed by atoms with Crippen molar-refractivity contribution in [2.24, 2.45) is 0 Å². The summed E-state index contributed by atoms with van der Waals surface area (Å²) in [6.45, 7) is 3.85. The molecule has 8 nitrogen and oxygen atoms in total. The number of hydrogen-bond donors (Lipinski definition) is 1. The number of halogens is 1. The van der Waals surface area contributed by atoms with E-state index in [1.807, 2.05) is 31.2 Å². The van der Waals surface area contributed by atoms with E-state index < -0.39 is 28.5 Å². The highest BCUT2D eigenvalue weighted by Gasteiger charge is 2.31. The standard InChI is InChI=1S/C24H32BrN3O5S/c1-5-6-14-26-24(30)18(2)27(16-19-10-9-11-20(25)15-19)23(29)17-28(34(4,31)32)21-12-7-8-13-22(21)33-3/h7-13,15,18H,5-6,14,16-17H2,1-4H3,(H,26,30)/t18-/m1/s1. The van der Waals surface area contributed by atoms with Crippen molar-refractivity contribution < 1.29 is 22.7 Å². The first-order valence-corrected chi connectivity index (χ1v) is 13.6. The molecule has 0 aromatic heterocycles. The van der Waals surface area contributed by atoms with Crippen LogP contribution in [0.2, 0.25) is 0 Å². The van der Waals surface area contributed by atoms with Crippen molar-refractivity contribution >= 4 is 43.5 Å². The smallest absolute Gasteiger partial charge is 0.244 e. The number of amides is 2. The molecule has 0 aliphatic heterocycles. The van der Waals surface area contributed by atoms with Gasteiger partial charge in [-0.1, -0.05) is 53.5 Å². The van der Waals surface area contributed by atoms with E-state index in [2.05, 4.69) is 21.2 Å². The van der Waals surface area contributed by atoms with Crippen LogP contribution >= 0.6 is 15.9 Å². The molecule has 0 radical (unpaired) electrons. The van der Waals surface area contributed by atoms with E-state index in [-0.39, 0.29) is 18.1 Å². The SMILES string of the molecule is CCCCNC(=O)[C@@H](C)N(Cc1cccc(Br)c1)C(=O)CN(c1ccccc1OC)S(C)(=O)=O. The molecule has 0 unspecified atom stereocenters. The fourth-order valence-corrected chi connectivity index (χ4v) is 4.68. The van der Waals surface area contributed by atoms with Crippen LogP contribution in [0, 0.1) is 0 Å². The Balaban J connectivity index is 2.38. The maximum Gasteiger partial charge on any atom is 0.244 e. The van der Waals surface area contributed by atoms with E-state index in [0.717, 1.165) is 33.4 Å². The molecule has 1 atom stereocenters. The molecule has 10 heteroatoms. The highest BCUT2D eigenvalue weighted by Crippen LogP contribution is 2.29. The predicted molar refractivity (Wildman–Crippen MR) is 137 cm³/mol. The fourth-order valence-electron chi connectivity index (χ4n) is 3.38.